The van der Waals surface area contributed by atoms with Crippen LogP contribution in [0.4, 0.5) is 36.4 Å². The highest BCUT2D eigenvalue weighted by Crippen LogP contribution is 2.42. The number of alkyl halides is 6. The summed E-state index contributed by atoms with van der Waals surface area (Å²) in [7, 11) is -6.88. The summed E-state index contributed by atoms with van der Waals surface area (Å²) in [6, 6.07) is 5.21. The number of ether oxygens (including phenoxy) is 3. The second-order valence-corrected chi connectivity index (χ2v) is 10.2. The lowest BCUT2D eigenvalue weighted by atomic mass is 10.1. The molecule has 0 fully saturated rings. The van der Waals surface area contributed by atoms with Gasteiger partial charge in [0, 0.05) is 18.0 Å². The van der Waals surface area contributed by atoms with Crippen LogP contribution < -0.4 is 19.5 Å². The largest absolute Gasteiger partial charge is 0.573 e. The summed E-state index contributed by atoms with van der Waals surface area (Å²) < 4.78 is 148. The van der Waals surface area contributed by atoms with Crippen molar-refractivity contribution >= 4 is 32.9 Å². The molecule has 1 amide bonds. The van der Waals surface area contributed by atoms with E-state index in [1.54, 1.807) is 0 Å². The topological polar surface area (TPSA) is 97.7 Å². The number of benzene rings is 3. The summed E-state index contributed by atoms with van der Waals surface area (Å²) in [5, 5.41) is 1.22. The Labute approximate surface area is 225 Å². The van der Waals surface area contributed by atoms with E-state index in [2.05, 4.69) is 14.8 Å². The maximum Gasteiger partial charge on any atom is 0.573 e. The molecule has 0 spiro atoms. The molecule has 3 aromatic rings. The van der Waals surface area contributed by atoms with E-state index < -0.39 is 85.1 Å². The van der Waals surface area contributed by atoms with Crippen molar-refractivity contribution in [1.29, 1.82) is 4.78 Å². The normalized spacial score (nSPS) is 14.8. The van der Waals surface area contributed by atoms with Crippen molar-refractivity contribution in [2.45, 2.75) is 17.4 Å². The average molecular weight is 604 g/mol. The minimum Gasteiger partial charge on any atom is -0.493 e. The predicted octanol–water partition coefficient (Wildman–Crippen LogP) is 7.49. The molecule has 2 N–H and O–H groups in total. The Hall–Kier alpha value is -3.72. The van der Waals surface area contributed by atoms with Crippen molar-refractivity contribution in [2.24, 2.45) is 0 Å². The lowest BCUT2D eigenvalue weighted by molar-refractivity contribution is -0.274. The van der Waals surface area contributed by atoms with Crippen LogP contribution in [0.25, 0.3) is 0 Å². The lowest BCUT2D eigenvalue weighted by Crippen LogP contribution is -2.17. The van der Waals surface area contributed by atoms with Crippen LogP contribution in [0.5, 0.6) is 23.0 Å². The Morgan fingerprint density at radius 2 is 1.72 bits per heavy atom. The molecular weight excluding hydrogens is 585 g/mol. The van der Waals surface area contributed by atoms with Crippen molar-refractivity contribution in [3.05, 3.63) is 70.5 Å². The van der Waals surface area contributed by atoms with Crippen LogP contribution in [-0.4, -0.2) is 29.8 Å². The first-order valence-electron chi connectivity index (χ1n) is 11.6. The summed E-state index contributed by atoms with van der Waals surface area (Å²) in [5.41, 5.74) is -2.45. The van der Waals surface area contributed by atoms with Crippen molar-refractivity contribution in [3.63, 3.8) is 0 Å². The quantitative estimate of drug-likeness (QED) is 0.273. The Balaban J connectivity index is 2.13. The maximum absolute atomic E-state index is 14.0. The van der Waals surface area contributed by atoms with E-state index in [1.165, 1.54) is 0 Å². The number of halogens is 8. The number of rotatable bonds is 7. The molecule has 0 aliphatic carbocycles. The van der Waals surface area contributed by atoms with Gasteiger partial charge in [-0.15, -0.1) is 13.2 Å². The first-order valence-corrected chi connectivity index (χ1v) is 12.4. The van der Waals surface area contributed by atoms with Crippen LogP contribution in [0, 0.1) is 10.6 Å². The van der Waals surface area contributed by atoms with Gasteiger partial charge >= 0.3 is 12.5 Å². The molecule has 7 nitrogen and oxygen atoms in total. The van der Waals surface area contributed by atoms with E-state index in [-0.39, 0.29) is 11.8 Å². The van der Waals surface area contributed by atoms with Crippen molar-refractivity contribution in [1.82, 2.24) is 0 Å². The van der Waals surface area contributed by atoms with E-state index >= 15 is 0 Å². The number of amides is 1. The fourth-order valence-corrected chi connectivity index (χ4v) is 4.14. The second kappa shape index (κ2) is 10.8. The summed E-state index contributed by atoms with van der Waals surface area (Å²) in [5.74, 6) is -5.80. The smallest absolute Gasteiger partial charge is 0.493 e. The van der Waals surface area contributed by atoms with Crippen molar-refractivity contribution < 1.29 is 58.1 Å². The molecule has 0 radical (unpaired) electrons. The molecule has 0 aromatic heterocycles. The number of carbonyl (C=O) groups is 1. The van der Waals surface area contributed by atoms with Crippen LogP contribution in [-0.2, 0) is 15.9 Å². The Morgan fingerprint density at radius 1 is 1.03 bits per heavy atom. The van der Waals surface area contributed by atoms with Gasteiger partial charge in [0.15, 0.2) is 11.5 Å². The standard InChI is InChI=1S/C23H16ClF7N2O5S/c1-36-19-8-12(38-23(29,30)31)4-6-17(19)37-18-10-14(22(26,27)28)15(24)9-13(18)21(34)33-11-3-5-16(25)20(7-11)39(2,32)35/h3-10,32H,1-2H3,(H,33,34)/i1D3. The maximum atomic E-state index is 14.0. The monoisotopic (exact) mass is 603 g/mol. The van der Waals surface area contributed by atoms with Gasteiger partial charge in [-0.25, -0.2) is 13.4 Å². The first-order chi connectivity index (χ1) is 19.0. The van der Waals surface area contributed by atoms with Gasteiger partial charge in [-0.2, -0.15) is 13.2 Å². The van der Waals surface area contributed by atoms with Crippen LogP contribution in [0.2, 0.25) is 5.02 Å². The molecule has 1 atom stereocenters. The van der Waals surface area contributed by atoms with Gasteiger partial charge < -0.3 is 19.5 Å². The highest BCUT2D eigenvalue weighted by molar-refractivity contribution is 7.91. The van der Waals surface area contributed by atoms with Gasteiger partial charge in [-0.3, -0.25) is 4.79 Å². The molecule has 0 saturated carbocycles. The number of nitrogens with one attached hydrogen (secondary N) is 2. The van der Waals surface area contributed by atoms with E-state index in [1.807, 2.05) is 0 Å². The summed E-state index contributed by atoms with van der Waals surface area (Å²) in [6.45, 7) is 0. The van der Waals surface area contributed by atoms with Gasteiger partial charge in [0.25, 0.3) is 5.91 Å². The van der Waals surface area contributed by atoms with Gasteiger partial charge in [0.2, 0.25) is 0 Å². The third-order valence-electron chi connectivity index (χ3n) is 4.71. The third kappa shape index (κ3) is 7.44. The zero-order valence-corrected chi connectivity index (χ0v) is 20.7. The molecule has 0 aliphatic heterocycles. The van der Waals surface area contributed by atoms with Crippen molar-refractivity contribution in [2.75, 3.05) is 18.6 Å². The van der Waals surface area contributed by atoms with E-state index in [9.17, 15) is 39.7 Å². The molecule has 1 unspecified atom stereocenters. The first kappa shape index (κ1) is 25.6. The van der Waals surface area contributed by atoms with Crippen LogP contribution in [0.3, 0.4) is 0 Å². The highest BCUT2D eigenvalue weighted by Gasteiger charge is 2.36. The predicted molar refractivity (Wildman–Crippen MR) is 126 cm³/mol. The van der Waals surface area contributed by atoms with Crippen LogP contribution in [0.1, 0.15) is 20.0 Å². The Bertz CT molecular complexity index is 1630. The summed E-state index contributed by atoms with van der Waals surface area (Å²) in [6.07, 6.45) is -9.38. The molecule has 39 heavy (non-hydrogen) atoms. The minimum absolute atomic E-state index is 0.236. The molecule has 0 heterocycles. The van der Waals surface area contributed by atoms with E-state index in [4.69, 9.17) is 25.2 Å². The Kier molecular flexibility index (Phi) is 7.08. The van der Waals surface area contributed by atoms with Gasteiger partial charge in [0.1, 0.15) is 17.3 Å². The Morgan fingerprint density at radius 3 is 2.31 bits per heavy atom. The zero-order valence-electron chi connectivity index (χ0n) is 22.1. The number of methoxy groups -OCH3 is 1. The average Bonchev–Trinajstić information content (AvgIpc) is 2.79. The fraction of sp³-hybridized carbons (Fsp3) is 0.174. The third-order valence-corrected chi connectivity index (χ3v) is 6.17. The zero-order chi connectivity index (χ0) is 31.8. The van der Waals surface area contributed by atoms with Gasteiger partial charge in [-0.1, -0.05) is 11.6 Å². The molecule has 210 valence electrons. The van der Waals surface area contributed by atoms with Crippen LogP contribution >= 0.6 is 11.6 Å². The van der Waals surface area contributed by atoms with Crippen molar-refractivity contribution in [3.8, 4) is 23.0 Å². The molecule has 3 aromatic carbocycles. The number of anilines is 1. The number of hydrogen-bond donors (Lipinski definition) is 2. The molecule has 0 bridgehead atoms. The van der Waals surface area contributed by atoms with Crippen LogP contribution in [0.15, 0.2) is 53.4 Å². The highest BCUT2D eigenvalue weighted by atomic mass is 35.5. The fourth-order valence-electron chi connectivity index (χ4n) is 3.08. The summed E-state index contributed by atoms with van der Waals surface area (Å²) in [4.78, 5) is 12.5. The van der Waals surface area contributed by atoms with E-state index in [0.717, 1.165) is 24.5 Å². The molecule has 3 rings (SSSR count). The molecule has 16 heteroatoms. The van der Waals surface area contributed by atoms with Gasteiger partial charge in [-0.05, 0) is 42.5 Å². The van der Waals surface area contributed by atoms with E-state index in [0.29, 0.717) is 24.3 Å². The molecule has 0 aliphatic rings. The SMILES string of the molecule is [2H]C([2H])([2H])Oc1cc(OC(F)(F)F)ccc1Oc1cc(C(F)(F)F)c(Cl)cc1C(=O)Nc1ccc(F)c(S(C)(=N)=O)c1. The lowest BCUT2D eigenvalue weighted by Gasteiger charge is -2.18. The van der Waals surface area contributed by atoms with Gasteiger partial charge in [0.05, 0.1) is 41.9 Å². The number of carbonyl (C=O) groups excluding carboxylic acids is 1. The second-order valence-electron chi connectivity index (χ2n) is 7.63. The minimum atomic E-state index is -5.20. The summed E-state index contributed by atoms with van der Waals surface area (Å²) >= 11 is 5.75. The molecular formula is C23H16ClF7N2O5S. The number of hydrogen-bond acceptors (Lipinski definition) is 6. The molecule has 0 saturated heterocycles.